The molecule has 2 N–H and O–H groups in total. The number of hydrogen-bond donors (Lipinski definition) is 1. The predicted molar refractivity (Wildman–Crippen MR) is 95.7 cm³/mol. The largest absolute Gasteiger partial charge is 0.397 e. The molecule has 0 bridgehead atoms. The zero-order chi connectivity index (χ0) is 17.3. The van der Waals surface area contributed by atoms with Crippen LogP contribution in [0.3, 0.4) is 0 Å². The van der Waals surface area contributed by atoms with Gasteiger partial charge in [-0.05, 0) is 36.4 Å². The number of carbonyl (C=O) groups is 1. The summed E-state index contributed by atoms with van der Waals surface area (Å²) in [5, 5.41) is 1.32. The van der Waals surface area contributed by atoms with Gasteiger partial charge in [0.2, 0.25) is 12.1 Å². The number of ether oxygens (including phenoxy) is 2. The van der Waals surface area contributed by atoms with Gasteiger partial charge in [0.05, 0.1) is 11.4 Å². The summed E-state index contributed by atoms with van der Waals surface area (Å²) in [6, 6.07) is 10.3. The number of pyridine rings is 1. The summed E-state index contributed by atoms with van der Waals surface area (Å²) >= 11 is 7.12. The number of carbonyl (C=O) groups excluding carboxylic acids is 1. The van der Waals surface area contributed by atoms with E-state index in [0.29, 0.717) is 31.7 Å². The van der Waals surface area contributed by atoms with Gasteiger partial charge in [0.1, 0.15) is 9.71 Å². The molecule has 0 saturated heterocycles. The molecule has 0 unspecified atom stereocenters. The first-order valence-corrected chi connectivity index (χ1v) is 8.29. The van der Waals surface area contributed by atoms with Crippen LogP contribution in [0, 0.1) is 0 Å². The van der Waals surface area contributed by atoms with Gasteiger partial charge >= 0.3 is 0 Å². The third kappa shape index (κ3) is 3.01. The molecular formula is C17H15ClN2O3S. The lowest BCUT2D eigenvalue weighted by molar-refractivity contribution is -0.108. The number of anilines is 1. The van der Waals surface area contributed by atoms with E-state index in [9.17, 15) is 4.79 Å². The van der Waals surface area contributed by atoms with Crippen LogP contribution in [0.15, 0.2) is 36.4 Å². The lowest BCUT2D eigenvalue weighted by Gasteiger charge is -2.12. The second-order valence-electron chi connectivity index (χ2n) is 5.07. The highest BCUT2D eigenvalue weighted by Crippen LogP contribution is 2.35. The van der Waals surface area contributed by atoms with Gasteiger partial charge in [0.15, 0.2) is 0 Å². The highest BCUT2D eigenvalue weighted by atomic mass is 35.5. The topological polar surface area (TPSA) is 74.4 Å². The number of nitrogens with zero attached hydrogens (tertiary/aromatic N) is 1. The minimum Gasteiger partial charge on any atom is -0.397 e. The van der Waals surface area contributed by atoms with E-state index in [2.05, 4.69) is 4.98 Å². The molecule has 3 aromatic rings. The van der Waals surface area contributed by atoms with Crippen LogP contribution in [0.5, 0.6) is 0 Å². The molecular weight excluding hydrogens is 348 g/mol. The van der Waals surface area contributed by atoms with Crippen molar-refractivity contribution in [2.75, 3.05) is 20.0 Å². The van der Waals surface area contributed by atoms with E-state index < -0.39 is 6.29 Å². The lowest BCUT2D eigenvalue weighted by atomic mass is 10.1. The van der Waals surface area contributed by atoms with Crippen LogP contribution in [0.2, 0.25) is 5.02 Å². The second-order valence-corrected chi connectivity index (χ2v) is 6.51. The molecule has 1 aromatic carbocycles. The lowest BCUT2D eigenvalue weighted by Crippen LogP contribution is -2.05. The average Bonchev–Trinajstić information content (AvgIpc) is 2.92. The zero-order valence-electron chi connectivity index (χ0n) is 13.1. The maximum atomic E-state index is 12.7. The van der Waals surface area contributed by atoms with E-state index in [1.165, 1.54) is 25.6 Å². The molecule has 0 amide bonds. The Hall–Kier alpha value is -1.99. The quantitative estimate of drug-likeness (QED) is 0.547. The van der Waals surface area contributed by atoms with Crippen molar-refractivity contribution in [3.05, 3.63) is 57.6 Å². The molecule has 2 aromatic heterocycles. The first-order valence-electron chi connectivity index (χ1n) is 7.10. The normalized spacial score (nSPS) is 11.3. The number of nitrogen functional groups attached to an aromatic ring is 1. The summed E-state index contributed by atoms with van der Waals surface area (Å²) in [5.41, 5.74) is 7.75. The van der Waals surface area contributed by atoms with Crippen LogP contribution in [0.1, 0.15) is 27.2 Å². The Morgan fingerprint density at radius 2 is 1.83 bits per heavy atom. The number of thiophene rings is 1. The van der Waals surface area contributed by atoms with Gasteiger partial charge in [-0.2, -0.15) is 0 Å². The van der Waals surface area contributed by atoms with E-state index in [1.807, 2.05) is 6.07 Å². The van der Waals surface area contributed by atoms with Gasteiger partial charge in [-0.3, -0.25) is 4.79 Å². The van der Waals surface area contributed by atoms with E-state index in [4.69, 9.17) is 26.8 Å². The Morgan fingerprint density at radius 1 is 1.17 bits per heavy atom. The van der Waals surface area contributed by atoms with Gasteiger partial charge in [-0.25, -0.2) is 4.98 Å². The summed E-state index contributed by atoms with van der Waals surface area (Å²) in [6.07, 6.45) is -0.562. The molecule has 0 spiro atoms. The van der Waals surface area contributed by atoms with Crippen molar-refractivity contribution in [1.82, 2.24) is 4.98 Å². The molecule has 5 nitrogen and oxygen atoms in total. The molecule has 0 aliphatic rings. The van der Waals surface area contributed by atoms with Crippen LogP contribution in [-0.4, -0.2) is 25.0 Å². The number of halogens is 1. The summed E-state index contributed by atoms with van der Waals surface area (Å²) in [5.74, 6) is -0.149. The van der Waals surface area contributed by atoms with Crippen LogP contribution in [0.4, 0.5) is 5.69 Å². The van der Waals surface area contributed by atoms with Gasteiger partial charge in [0.25, 0.3) is 0 Å². The average molecular weight is 363 g/mol. The van der Waals surface area contributed by atoms with Crippen molar-refractivity contribution >= 4 is 44.6 Å². The Morgan fingerprint density at radius 3 is 2.46 bits per heavy atom. The Labute approximate surface area is 148 Å². The van der Waals surface area contributed by atoms with Crippen LogP contribution in [-0.2, 0) is 9.47 Å². The van der Waals surface area contributed by atoms with Crippen molar-refractivity contribution in [3.8, 4) is 0 Å². The van der Waals surface area contributed by atoms with E-state index in [0.717, 1.165) is 5.39 Å². The van der Waals surface area contributed by atoms with Crippen molar-refractivity contribution in [2.24, 2.45) is 0 Å². The number of methoxy groups -OCH3 is 2. The first kappa shape index (κ1) is 16.9. The molecule has 0 aliphatic heterocycles. The highest BCUT2D eigenvalue weighted by Gasteiger charge is 2.20. The van der Waals surface area contributed by atoms with Crippen LogP contribution < -0.4 is 5.73 Å². The summed E-state index contributed by atoms with van der Waals surface area (Å²) < 4.78 is 10.4. The van der Waals surface area contributed by atoms with Gasteiger partial charge in [-0.1, -0.05) is 11.6 Å². The molecule has 7 heteroatoms. The minimum atomic E-state index is -0.562. The van der Waals surface area contributed by atoms with Crippen molar-refractivity contribution < 1.29 is 14.3 Å². The number of ketones is 1. The van der Waals surface area contributed by atoms with Gasteiger partial charge in [0, 0.05) is 30.2 Å². The number of fused-ring (bicyclic) bond motifs is 1. The van der Waals surface area contributed by atoms with Crippen molar-refractivity contribution in [2.45, 2.75) is 6.29 Å². The summed E-state index contributed by atoms with van der Waals surface area (Å²) in [7, 11) is 3.08. The third-order valence-corrected chi connectivity index (χ3v) is 4.96. The number of benzene rings is 1. The maximum Gasteiger partial charge on any atom is 0.205 e. The number of nitrogens with two attached hydrogens (primary N) is 1. The SMILES string of the molecule is COC(OC)c1ccc2c(N)c(C(=O)c3ccc(Cl)cc3)sc2n1. The van der Waals surface area contributed by atoms with E-state index >= 15 is 0 Å². The van der Waals surface area contributed by atoms with Crippen molar-refractivity contribution in [1.29, 1.82) is 0 Å². The molecule has 3 rings (SSSR count). The predicted octanol–water partition coefficient (Wildman–Crippen LogP) is 4.05. The molecule has 0 radical (unpaired) electrons. The number of aromatic nitrogens is 1. The Balaban J connectivity index is 2.04. The summed E-state index contributed by atoms with van der Waals surface area (Å²) in [4.78, 5) is 18.3. The molecule has 2 heterocycles. The van der Waals surface area contributed by atoms with Crippen LogP contribution >= 0.6 is 22.9 Å². The highest BCUT2D eigenvalue weighted by molar-refractivity contribution is 7.21. The fourth-order valence-corrected chi connectivity index (χ4v) is 3.57. The number of hydrogen-bond acceptors (Lipinski definition) is 6. The monoisotopic (exact) mass is 362 g/mol. The Kier molecular flexibility index (Phi) is 4.82. The molecule has 0 atom stereocenters. The van der Waals surface area contributed by atoms with Gasteiger partial charge < -0.3 is 15.2 Å². The number of rotatable bonds is 5. The molecule has 0 fully saturated rings. The minimum absolute atomic E-state index is 0.149. The zero-order valence-corrected chi connectivity index (χ0v) is 14.6. The second kappa shape index (κ2) is 6.86. The summed E-state index contributed by atoms with van der Waals surface area (Å²) in [6.45, 7) is 0. The standard InChI is InChI=1S/C17H15ClN2O3S/c1-22-17(23-2)12-8-7-11-13(19)15(24-16(11)20-12)14(21)9-3-5-10(18)6-4-9/h3-8,17H,19H2,1-2H3. The van der Waals surface area contributed by atoms with Gasteiger partial charge in [-0.15, -0.1) is 11.3 Å². The Bertz CT molecular complexity index is 889. The van der Waals surface area contributed by atoms with E-state index in [1.54, 1.807) is 30.3 Å². The molecule has 124 valence electrons. The van der Waals surface area contributed by atoms with Crippen LogP contribution in [0.25, 0.3) is 10.2 Å². The molecule has 24 heavy (non-hydrogen) atoms. The third-order valence-electron chi connectivity index (χ3n) is 3.60. The van der Waals surface area contributed by atoms with E-state index in [-0.39, 0.29) is 5.78 Å². The molecule has 0 saturated carbocycles. The smallest absolute Gasteiger partial charge is 0.205 e. The fourth-order valence-electron chi connectivity index (χ4n) is 2.38. The maximum absolute atomic E-state index is 12.7. The molecule has 0 aliphatic carbocycles. The van der Waals surface area contributed by atoms with Crippen molar-refractivity contribution in [3.63, 3.8) is 0 Å². The fraction of sp³-hybridized carbons (Fsp3) is 0.176. The first-order chi connectivity index (χ1) is 11.5.